The molecule has 1 heterocycles. The molecule has 1 aliphatic rings. The minimum atomic E-state index is 0.440. The molecule has 1 saturated carbocycles. The second-order valence-corrected chi connectivity index (χ2v) is 5.09. The normalized spacial score (nSPS) is 23.1. The van der Waals surface area contributed by atoms with Crippen molar-refractivity contribution in [2.24, 2.45) is 11.7 Å². The van der Waals surface area contributed by atoms with E-state index >= 15 is 0 Å². The molecule has 0 aliphatic heterocycles. The van der Waals surface area contributed by atoms with Gasteiger partial charge in [0.1, 0.15) is 0 Å². The zero-order valence-corrected chi connectivity index (χ0v) is 11.9. The number of aromatic nitrogens is 2. The van der Waals surface area contributed by atoms with Gasteiger partial charge in [-0.3, -0.25) is 0 Å². The number of hydrogen-bond donors (Lipinski definition) is 1. The van der Waals surface area contributed by atoms with Gasteiger partial charge in [0.15, 0.2) is 0 Å². The quantitative estimate of drug-likeness (QED) is 0.879. The third-order valence-corrected chi connectivity index (χ3v) is 3.89. The van der Waals surface area contributed by atoms with Crippen LogP contribution in [0, 0.1) is 5.92 Å². The second kappa shape index (κ2) is 6.70. The van der Waals surface area contributed by atoms with Gasteiger partial charge in [-0.2, -0.15) is 4.98 Å². The lowest BCUT2D eigenvalue weighted by Gasteiger charge is -2.37. The van der Waals surface area contributed by atoms with Gasteiger partial charge in [-0.05, 0) is 32.2 Å². The van der Waals surface area contributed by atoms with E-state index in [-0.39, 0.29) is 0 Å². The number of hydrogen-bond acceptors (Lipinski definition) is 5. The molecule has 2 rings (SSSR count). The summed E-state index contributed by atoms with van der Waals surface area (Å²) >= 11 is 0. The summed E-state index contributed by atoms with van der Waals surface area (Å²) in [5.74, 6) is 1.91. The largest absolute Gasteiger partial charge is 0.478 e. The average Bonchev–Trinajstić information content (AvgIpc) is 2.47. The van der Waals surface area contributed by atoms with Gasteiger partial charge in [0.05, 0.1) is 6.61 Å². The van der Waals surface area contributed by atoms with Crippen LogP contribution in [-0.2, 0) is 0 Å². The Bertz CT molecular complexity index is 399. The van der Waals surface area contributed by atoms with Crippen molar-refractivity contribution in [1.29, 1.82) is 0 Å². The van der Waals surface area contributed by atoms with Gasteiger partial charge in [-0.25, -0.2) is 4.98 Å². The van der Waals surface area contributed by atoms with E-state index in [0.717, 1.165) is 12.5 Å². The van der Waals surface area contributed by atoms with Crippen molar-refractivity contribution >= 4 is 5.95 Å². The zero-order chi connectivity index (χ0) is 13.7. The summed E-state index contributed by atoms with van der Waals surface area (Å²) in [4.78, 5) is 11.0. The molecule has 19 heavy (non-hydrogen) atoms. The SMILES string of the molecule is CCOc1ccnc(N(C)C2CCCCC2CN)n1. The summed E-state index contributed by atoms with van der Waals surface area (Å²) in [5, 5.41) is 0. The van der Waals surface area contributed by atoms with E-state index in [1.54, 1.807) is 12.3 Å². The molecule has 0 radical (unpaired) electrons. The van der Waals surface area contributed by atoms with Gasteiger partial charge < -0.3 is 15.4 Å². The zero-order valence-electron chi connectivity index (χ0n) is 11.9. The molecular weight excluding hydrogens is 240 g/mol. The van der Waals surface area contributed by atoms with Crippen LogP contribution in [0.3, 0.4) is 0 Å². The lowest BCUT2D eigenvalue weighted by molar-refractivity contribution is 0.301. The number of anilines is 1. The van der Waals surface area contributed by atoms with E-state index < -0.39 is 0 Å². The highest BCUT2D eigenvalue weighted by atomic mass is 16.5. The first-order valence-corrected chi connectivity index (χ1v) is 7.15. The number of nitrogens with zero attached hydrogens (tertiary/aromatic N) is 3. The maximum Gasteiger partial charge on any atom is 0.228 e. The number of ether oxygens (including phenoxy) is 1. The maximum absolute atomic E-state index is 5.89. The lowest BCUT2D eigenvalue weighted by Crippen LogP contribution is -2.43. The Kier molecular flexibility index (Phi) is 4.96. The van der Waals surface area contributed by atoms with Gasteiger partial charge in [0.25, 0.3) is 0 Å². The van der Waals surface area contributed by atoms with Gasteiger partial charge in [-0.1, -0.05) is 12.8 Å². The van der Waals surface area contributed by atoms with Gasteiger partial charge >= 0.3 is 0 Å². The first kappa shape index (κ1) is 14.1. The number of rotatable bonds is 5. The second-order valence-electron chi connectivity index (χ2n) is 5.09. The van der Waals surface area contributed by atoms with Crippen LogP contribution in [0.1, 0.15) is 32.6 Å². The van der Waals surface area contributed by atoms with Crippen LogP contribution in [0.5, 0.6) is 5.88 Å². The Morgan fingerprint density at radius 3 is 2.95 bits per heavy atom. The first-order valence-electron chi connectivity index (χ1n) is 7.15. The molecule has 0 spiro atoms. The Labute approximate surface area is 115 Å². The molecule has 0 aromatic carbocycles. The fourth-order valence-electron chi connectivity index (χ4n) is 2.85. The lowest BCUT2D eigenvalue weighted by atomic mass is 9.84. The molecule has 0 amide bonds. The summed E-state index contributed by atoms with van der Waals surface area (Å²) in [7, 11) is 2.06. The maximum atomic E-state index is 5.89. The Hall–Kier alpha value is -1.36. The summed E-state index contributed by atoms with van der Waals surface area (Å²) in [6, 6.07) is 2.23. The van der Waals surface area contributed by atoms with E-state index in [9.17, 15) is 0 Å². The Balaban J connectivity index is 2.12. The van der Waals surface area contributed by atoms with Crippen molar-refractivity contribution in [2.45, 2.75) is 38.6 Å². The molecule has 106 valence electrons. The molecular formula is C14H24N4O. The van der Waals surface area contributed by atoms with Crippen LogP contribution in [-0.4, -0.2) is 36.2 Å². The van der Waals surface area contributed by atoms with Gasteiger partial charge in [0.2, 0.25) is 11.8 Å². The first-order chi connectivity index (χ1) is 9.26. The van der Waals surface area contributed by atoms with Crippen LogP contribution in [0.2, 0.25) is 0 Å². The third kappa shape index (κ3) is 3.35. The fraction of sp³-hybridized carbons (Fsp3) is 0.714. The van der Waals surface area contributed by atoms with Crippen molar-refractivity contribution in [3.05, 3.63) is 12.3 Å². The molecule has 0 saturated heterocycles. The van der Waals surface area contributed by atoms with E-state index in [0.29, 0.717) is 24.4 Å². The van der Waals surface area contributed by atoms with Crippen molar-refractivity contribution in [3.8, 4) is 5.88 Å². The molecule has 1 aromatic rings. The third-order valence-electron chi connectivity index (χ3n) is 3.89. The van der Waals surface area contributed by atoms with Gasteiger partial charge in [-0.15, -0.1) is 0 Å². The summed E-state index contributed by atoms with van der Waals surface area (Å²) in [5.41, 5.74) is 5.89. The minimum Gasteiger partial charge on any atom is -0.478 e. The molecule has 0 bridgehead atoms. The summed E-state index contributed by atoms with van der Waals surface area (Å²) in [6.45, 7) is 3.31. The highest BCUT2D eigenvalue weighted by Crippen LogP contribution is 2.29. The van der Waals surface area contributed by atoms with Crippen LogP contribution < -0.4 is 15.4 Å². The topological polar surface area (TPSA) is 64.3 Å². The van der Waals surface area contributed by atoms with E-state index in [2.05, 4.69) is 21.9 Å². The van der Waals surface area contributed by atoms with E-state index in [4.69, 9.17) is 10.5 Å². The molecule has 1 fully saturated rings. The van der Waals surface area contributed by atoms with E-state index in [1.165, 1.54) is 25.7 Å². The fourth-order valence-corrected chi connectivity index (χ4v) is 2.85. The Morgan fingerprint density at radius 2 is 2.21 bits per heavy atom. The minimum absolute atomic E-state index is 0.440. The standard InChI is InChI=1S/C14H24N4O/c1-3-19-13-8-9-16-14(17-13)18(2)12-7-5-4-6-11(12)10-15/h8-9,11-12H,3-7,10,15H2,1-2H3. The molecule has 2 N–H and O–H groups in total. The average molecular weight is 264 g/mol. The van der Waals surface area contributed by atoms with Crippen LogP contribution in [0.25, 0.3) is 0 Å². The monoisotopic (exact) mass is 264 g/mol. The molecule has 2 atom stereocenters. The smallest absolute Gasteiger partial charge is 0.228 e. The van der Waals surface area contributed by atoms with E-state index in [1.807, 2.05) is 6.92 Å². The van der Waals surface area contributed by atoms with Crippen molar-refractivity contribution < 1.29 is 4.74 Å². The molecule has 2 unspecified atom stereocenters. The Morgan fingerprint density at radius 1 is 1.42 bits per heavy atom. The van der Waals surface area contributed by atoms with Crippen molar-refractivity contribution in [2.75, 3.05) is 25.1 Å². The van der Waals surface area contributed by atoms with Gasteiger partial charge in [0, 0.05) is 25.4 Å². The molecule has 5 heteroatoms. The molecule has 1 aromatic heterocycles. The van der Waals surface area contributed by atoms with Crippen molar-refractivity contribution in [1.82, 2.24) is 9.97 Å². The highest BCUT2D eigenvalue weighted by Gasteiger charge is 2.28. The summed E-state index contributed by atoms with van der Waals surface area (Å²) < 4.78 is 5.43. The van der Waals surface area contributed by atoms with Crippen LogP contribution in [0.4, 0.5) is 5.95 Å². The highest BCUT2D eigenvalue weighted by molar-refractivity contribution is 5.33. The molecule has 1 aliphatic carbocycles. The predicted molar refractivity (Wildman–Crippen MR) is 76.4 cm³/mol. The number of nitrogens with two attached hydrogens (primary N) is 1. The van der Waals surface area contributed by atoms with Crippen LogP contribution >= 0.6 is 0 Å². The summed E-state index contributed by atoms with van der Waals surface area (Å²) in [6.07, 6.45) is 6.67. The van der Waals surface area contributed by atoms with Crippen LogP contribution in [0.15, 0.2) is 12.3 Å². The molecule has 5 nitrogen and oxygen atoms in total. The predicted octanol–water partition coefficient (Wildman–Crippen LogP) is 1.83. The van der Waals surface area contributed by atoms with Crippen molar-refractivity contribution in [3.63, 3.8) is 0 Å².